The average molecular weight is 293 g/mol. The Morgan fingerprint density at radius 2 is 2.00 bits per heavy atom. The van der Waals surface area contributed by atoms with E-state index in [0.717, 1.165) is 41.2 Å². The van der Waals surface area contributed by atoms with Crippen LogP contribution in [0.15, 0.2) is 0 Å². The Kier molecular flexibility index (Phi) is 4.94. The van der Waals surface area contributed by atoms with Crippen LogP contribution in [0.25, 0.3) is 10.2 Å². The van der Waals surface area contributed by atoms with Crippen molar-refractivity contribution in [2.24, 2.45) is 0 Å². The van der Waals surface area contributed by atoms with E-state index in [1.165, 1.54) is 10.4 Å². The zero-order valence-electron chi connectivity index (χ0n) is 12.9. The van der Waals surface area contributed by atoms with Crippen molar-refractivity contribution in [2.45, 2.75) is 46.6 Å². The molecule has 2 aromatic rings. The maximum Gasteiger partial charge on any atom is 0.161 e. The number of fused-ring (bicyclic) bond motifs is 1. The highest BCUT2D eigenvalue weighted by Crippen LogP contribution is 2.34. The van der Waals surface area contributed by atoms with Gasteiger partial charge in [-0.2, -0.15) is 0 Å². The Bertz CT molecular complexity index is 590. The smallest absolute Gasteiger partial charge is 0.161 e. The Hall–Kier alpha value is -1.20. The van der Waals surface area contributed by atoms with Crippen molar-refractivity contribution >= 4 is 27.4 Å². The number of aryl methyl sites for hydroxylation is 2. The predicted molar refractivity (Wildman–Crippen MR) is 85.7 cm³/mol. The van der Waals surface area contributed by atoms with E-state index >= 15 is 0 Å². The van der Waals surface area contributed by atoms with Crippen LogP contribution in [0.4, 0.5) is 5.82 Å². The van der Waals surface area contributed by atoms with Crippen LogP contribution in [0.5, 0.6) is 0 Å². The molecule has 0 aliphatic carbocycles. The van der Waals surface area contributed by atoms with Gasteiger partial charge in [-0.25, -0.2) is 9.97 Å². The third kappa shape index (κ3) is 2.79. The number of nitrogens with zero attached hydrogens (tertiary/aromatic N) is 2. The van der Waals surface area contributed by atoms with E-state index in [2.05, 4.69) is 33.0 Å². The first kappa shape index (κ1) is 15.2. The molecular weight excluding hydrogens is 270 g/mol. The average Bonchev–Trinajstić information content (AvgIpc) is 2.73. The standard InChI is InChI=1S/C15H23N3OS/c1-6-8-16-14-12-9(3)10(4)20-15(12)18-13(17-14)11(7-2)19-5/h11H,6-8H2,1-5H3,(H,16,17,18). The molecule has 2 heterocycles. The van der Waals surface area contributed by atoms with Crippen molar-refractivity contribution in [1.29, 1.82) is 0 Å². The Labute approximate surface area is 124 Å². The monoisotopic (exact) mass is 293 g/mol. The van der Waals surface area contributed by atoms with Gasteiger partial charge in [-0.3, -0.25) is 0 Å². The van der Waals surface area contributed by atoms with E-state index in [0.29, 0.717) is 0 Å². The molecule has 20 heavy (non-hydrogen) atoms. The normalized spacial score (nSPS) is 12.8. The lowest BCUT2D eigenvalue weighted by Crippen LogP contribution is -2.10. The topological polar surface area (TPSA) is 47.0 Å². The maximum absolute atomic E-state index is 5.48. The zero-order valence-corrected chi connectivity index (χ0v) is 13.7. The molecule has 0 spiro atoms. The van der Waals surface area contributed by atoms with E-state index in [9.17, 15) is 0 Å². The molecule has 1 N–H and O–H groups in total. The lowest BCUT2D eigenvalue weighted by molar-refractivity contribution is 0.0930. The van der Waals surface area contributed by atoms with Crippen LogP contribution in [-0.2, 0) is 4.74 Å². The van der Waals surface area contributed by atoms with E-state index in [-0.39, 0.29) is 6.10 Å². The molecule has 1 atom stereocenters. The summed E-state index contributed by atoms with van der Waals surface area (Å²) in [6.07, 6.45) is 1.91. The van der Waals surface area contributed by atoms with Gasteiger partial charge in [0, 0.05) is 18.5 Å². The van der Waals surface area contributed by atoms with Gasteiger partial charge in [-0.1, -0.05) is 13.8 Å². The van der Waals surface area contributed by atoms with E-state index < -0.39 is 0 Å². The molecule has 0 aromatic carbocycles. The Balaban J connectivity index is 2.57. The van der Waals surface area contributed by atoms with Crippen molar-refractivity contribution in [3.63, 3.8) is 0 Å². The van der Waals surface area contributed by atoms with E-state index in [1.807, 2.05) is 0 Å². The molecule has 0 fully saturated rings. The molecule has 1 unspecified atom stereocenters. The van der Waals surface area contributed by atoms with Crippen LogP contribution in [0.2, 0.25) is 0 Å². The second-order valence-electron chi connectivity index (χ2n) is 4.95. The van der Waals surface area contributed by atoms with Crippen molar-refractivity contribution in [2.75, 3.05) is 19.0 Å². The second-order valence-corrected chi connectivity index (χ2v) is 6.16. The summed E-state index contributed by atoms with van der Waals surface area (Å²) in [6, 6.07) is 0. The van der Waals surface area contributed by atoms with Gasteiger partial charge in [0.1, 0.15) is 16.8 Å². The van der Waals surface area contributed by atoms with Gasteiger partial charge < -0.3 is 10.1 Å². The van der Waals surface area contributed by atoms with Gasteiger partial charge in [-0.05, 0) is 32.3 Å². The van der Waals surface area contributed by atoms with Crippen molar-refractivity contribution in [3.05, 3.63) is 16.3 Å². The minimum absolute atomic E-state index is 0.0377. The summed E-state index contributed by atoms with van der Waals surface area (Å²) < 4.78 is 5.48. The zero-order chi connectivity index (χ0) is 14.7. The van der Waals surface area contributed by atoms with Gasteiger partial charge in [0.15, 0.2) is 5.82 Å². The largest absolute Gasteiger partial charge is 0.373 e. The van der Waals surface area contributed by atoms with Crippen LogP contribution in [-0.4, -0.2) is 23.6 Å². The van der Waals surface area contributed by atoms with E-state index in [1.54, 1.807) is 18.4 Å². The second kappa shape index (κ2) is 6.50. The molecule has 0 amide bonds. The number of methoxy groups -OCH3 is 1. The highest BCUT2D eigenvalue weighted by molar-refractivity contribution is 7.18. The van der Waals surface area contributed by atoms with Gasteiger partial charge in [0.2, 0.25) is 0 Å². The van der Waals surface area contributed by atoms with Crippen LogP contribution in [0.3, 0.4) is 0 Å². The van der Waals surface area contributed by atoms with Gasteiger partial charge in [0.05, 0.1) is 5.39 Å². The maximum atomic E-state index is 5.48. The molecule has 0 radical (unpaired) electrons. The van der Waals surface area contributed by atoms with Gasteiger partial charge in [0.25, 0.3) is 0 Å². The summed E-state index contributed by atoms with van der Waals surface area (Å²) in [7, 11) is 1.71. The Morgan fingerprint density at radius 3 is 2.60 bits per heavy atom. The molecule has 2 aromatic heterocycles. The minimum atomic E-state index is -0.0377. The molecule has 0 saturated carbocycles. The third-order valence-electron chi connectivity index (χ3n) is 3.53. The molecule has 0 aliphatic rings. The molecule has 0 saturated heterocycles. The summed E-state index contributed by atoms with van der Waals surface area (Å²) >= 11 is 1.73. The summed E-state index contributed by atoms with van der Waals surface area (Å²) in [6.45, 7) is 9.44. The number of nitrogens with one attached hydrogen (secondary N) is 1. The number of ether oxygens (including phenoxy) is 1. The number of anilines is 1. The fourth-order valence-electron chi connectivity index (χ4n) is 2.24. The van der Waals surface area contributed by atoms with Crippen molar-refractivity contribution in [3.8, 4) is 0 Å². The highest BCUT2D eigenvalue weighted by atomic mass is 32.1. The number of hydrogen-bond acceptors (Lipinski definition) is 5. The summed E-state index contributed by atoms with van der Waals surface area (Å²) in [5.41, 5.74) is 1.28. The molecule has 110 valence electrons. The molecular formula is C15H23N3OS. The fraction of sp³-hybridized carbons (Fsp3) is 0.600. The third-order valence-corrected chi connectivity index (χ3v) is 4.63. The molecule has 2 rings (SSSR count). The first-order valence-electron chi connectivity index (χ1n) is 7.16. The number of rotatable bonds is 6. The Morgan fingerprint density at radius 1 is 1.25 bits per heavy atom. The molecule has 0 aliphatic heterocycles. The van der Waals surface area contributed by atoms with Gasteiger partial charge in [-0.15, -0.1) is 11.3 Å². The lowest BCUT2D eigenvalue weighted by atomic mass is 10.2. The highest BCUT2D eigenvalue weighted by Gasteiger charge is 2.18. The first-order chi connectivity index (χ1) is 9.62. The molecule has 5 heteroatoms. The first-order valence-corrected chi connectivity index (χ1v) is 7.98. The molecule has 0 bridgehead atoms. The van der Waals surface area contributed by atoms with Crippen molar-refractivity contribution in [1.82, 2.24) is 9.97 Å². The van der Waals surface area contributed by atoms with Crippen molar-refractivity contribution < 1.29 is 4.74 Å². The van der Waals surface area contributed by atoms with Crippen LogP contribution < -0.4 is 5.32 Å². The summed E-state index contributed by atoms with van der Waals surface area (Å²) in [5, 5.41) is 4.60. The minimum Gasteiger partial charge on any atom is -0.373 e. The van der Waals surface area contributed by atoms with Crippen LogP contribution in [0.1, 0.15) is 49.1 Å². The van der Waals surface area contributed by atoms with Crippen LogP contribution >= 0.6 is 11.3 Å². The SMILES string of the molecule is CCCNc1nc(C(CC)OC)nc2sc(C)c(C)c12. The van der Waals surface area contributed by atoms with Crippen LogP contribution in [0, 0.1) is 13.8 Å². The summed E-state index contributed by atoms with van der Waals surface area (Å²) in [5.74, 6) is 1.73. The van der Waals surface area contributed by atoms with Gasteiger partial charge >= 0.3 is 0 Å². The summed E-state index contributed by atoms with van der Waals surface area (Å²) in [4.78, 5) is 11.8. The quantitative estimate of drug-likeness (QED) is 0.866. The fourth-order valence-corrected chi connectivity index (χ4v) is 3.27. The lowest BCUT2D eigenvalue weighted by Gasteiger charge is -2.14. The van der Waals surface area contributed by atoms with E-state index in [4.69, 9.17) is 14.7 Å². The molecule has 4 nitrogen and oxygen atoms in total. The number of aromatic nitrogens is 2. The number of thiophene rings is 1. The number of hydrogen-bond donors (Lipinski definition) is 1. The predicted octanol–water partition coefficient (Wildman–Crippen LogP) is 4.23.